The minimum atomic E-state index is -0.491. The fourth-order valence-electron chi connectivity index (χ4n) is 0.983. The van der Waals surface area contributed by atoms with Crippen LogP contribution in [0.3, 0.4) is 0 Å². The summed E-state index contributed by atoms with van der Waals surface area (Å²) in [6, 6.07) is 3.40. The Hall–Kier alpha value is -2.40. The van der Waals surface area contributed by atoms with E-state index < -0.39 is 4.92 Å². The Labute approximate surface area is 86.5 Å². The van der Waals surface area contributed by atoms with Gasteiger partial charge in [0.2, 0.25) is 0 Å². The molecule has 0 spiro atoms. The highest BCUT2D eigenvalue weighted by Crippen LogP contribution is 2.15. The second-order valence-corrected chi connectivity index (χ2v) is 2.75. The molecule has 0 aliphatic heterocycles. The van der Waals surface area contributed by atoms with E-state index in [-0.39, 0.29) is 12.1 Å². The summed E-state index contributed by atoms with van der Waals surface area (Å²) in [5.74, 6) is 5.23. The maximum Gasteiger partial charge on any atom is 0.290 e. The summed E-state index contributed by atoms with van der Waals surface area (Å²) in [4.78, 5) is 13.8. The lowest BCUT2D eigenvalue weighted by Crippen LogP contribution is -1.94. The summed E-state index contributed by atoms with van der Waals surface area (Å²) >= 11 is 0. The minimum Gasteiger partial charge on any atom is -0.258 e. The van der Waals surface area contributed by atoms with Crippen molar-refractivity contribution < 1.29 is 4.92 Å². The Morgan fingerprint density at radius 1 is 1.67 bits per heavy atom. The van der Waals surface area contributed by atoms with E-state index in [1.807, 2.05) is 6.07 Å². The van der Waals surface area contributed by atoms with Crippen LogP contribution in [0.5, 0.6) is 0 Å². The number of rotatable bonds is 1. The van der Waals surface area contributed by atoms with Gasteiger partial charge in [-0.2, -0.15) is 5.26 Å². The highest BCUT2D eigenvalue weighted by Gasteiger charge is 2.10. The smallest absolute Gasteiger partial charge is 0.258 e. The van der Waals surface area contributed by atoms with Crippen molar-refractivity contribution in [3.8, 4) is 17.9 Å². The molecule has 0 bridgehead atoms. The molecule has 74 valence electrons. The Morgan fingerprint density at radius 3 is 2.93 bits per heavy atom. The van der Waals surface area contributed by atoms with E-state index in [2.05, 4.69) is 16.8 Å². The van der Waals surface area contributed by atoms with Crippen molar-refractivity contribution in [2.45, 2.75) is 13.3 Å². The highest BCUT2D eigenvalue weighted by molar-refractivity contribution is 5.42. The van der Waals surface area contributed by atoms with Crippen LogP contribution in [0.25, 0.3) is 0 Å². The lowest BCUT2D eigenvalue weighted by Gasteiger charge is -1.95. The highest BCUT2D eigenvalue weighted by atomic mass is 16.6. The molecule has 0 saturated carbocycles. The fourth-order valence-corrected chi connectivity index (χ4v) is 0.983. The van der Waals surface area contributed by atoms with Gasteiger partial charge in [0, 0.05) is 5.56 Å². The van der Waals surface area contributed by atoms with Gasteiger partial charge in [-0.15, -0.1) is 0 Å². The molecular weight excluding hydrogens is 194 g/mol. The fraction of sp³-hybridized carbons (Fsp3) is 0.200. The number of aryl methyl sites for hydroxylation is 1. The minimum absolute atomic E-state index is 0.0270. The maximum absolute atomic E-state index is 10.5. The van der Waals surface area contributed by atoms with E-state index in [1.165, 1.54) is 12.3 Å². The van der Waals surface area contributed by atoms with Gasteiger partial charge >= 0.3 is 0 Å². The summed E-state index contributed by atoms with van der Waals surface area (Å²) in [5.41, 5.74) is 0.922. The number of hydrogen-bond acceptors (Lipinski definition) is 4. The lowest BCUT2D eigenvalue weighted by molar-refractivity contribution is -0.385. The Bertz CT molecular complexity index is 492. The molecule has 0 atom stereocenters. The Morgan fingerprint density at radius 2 is 2.40 bits per heavy atom. The van der Waals surface area contributed by atoms with Crippen LogP contribution in [-0.4, -0.2) is 9.91 Å². The molecular formula is C10H7N3O2. The molecule has 0 aliphatic rings. The maximum atomic E-state index is 10.5. The van der Waals surface area contributed by atoms with Crippen LogP contribution in [-0.2, 0) is 0 Å². The zero-order chi connectivity index (χ0) is 11.3. The number of nitriles is 1. The zero-order valence-corrected chi connectivity index (χ0v) is 8.02. The standard InChI is InChI=1S/C10H7N3O2/c1-8-6-9(4-2-3-5-11)12-7-10(8)13(14)15/h6-7H,3H2,1H3. The molecule has 0 fully saturated rings. The normalized spacial score (nSPS) is 8.53. The molecule has 0 aromatic carbocycles. The summed E-state index contributed by atoms with van der Waals surface area (Å²) in [6.07, 6.45) is 1.30. The summed E-state index contributed by atoms with van der Waals surface area (Å²) in [6.45, 7) is 1.62. The van der Waals surface area contributed by atoms with Crippen molar-refractivity contribution in [1.82, 2.24) is 4.98 Å². The van der Waals surface area contributed by atoms with Crippen molar-refractivity contribution in [3.63, 3.8) is 0 Å². The van der Waals surface area contributed by atoms with Crippen LogP contribution in [0, 0.1) is 40.2 Å². The summed E-state index contributed by atoms with van der Waals surface area (Å²) in [7, 11) is 0. The molecule has 0 aliphatic carbocycles. The quantitative estimate of drug-likeness (QED) is 0.392. The largest absolute Gasteiger partial charge is 0.290 e. The number of hydrogen-bond donors (Lipinski definition) is 0. The average Bonchev–Trinajstić information content (AvgIpc) is 2.17. The lowest BCUT2D eigenvalue weighted by atomic mass is 10.2. The molecule has 0 saturated heterocycles. The van der Waals surface area contributed by atoms with E-state index in [1.54, 1.807) is 6.92 Å². The monoisotopic (exact) mass is 201 g/mol. The SMILES string of the molecule is Cc1cc(C#CCC#N)ncc1[N+](=O)[O-]. The molecule has 1 aromatic heterocycles. The van der Waals surface area contributed by atoms with Gasteiger partial charge in [0.05, 0.1) is 17.4 Å². The van der Waals surface area contributed by atoms with Gasteiger partial charge in [0.1, 0.15) is 11.9 Å². The number of aromatic nitrogens is 1. The summed E-state index contributed by atoms with van der Waals surface area (Å²) in [5, 5.41) is 18.7. The second-order valence-electron chi connectivity index (χ2n) is 2.75. The first kappa shape index (κ1) is 10.7. The number of nitro groups is 1. The van der Waals surface area contributed by atoms with Crippen molar-refractivity contribution in [2.75, 3.05) is 0 Å². The molecule has 1 rings (SSSR count). The van der Waals surface area contributed by atoms with Crippen LogP contribution in [0.2, 0.25) is 0 Å². The topological polar surface area (TPSA) is 79.8 Å². The molecule has 0 amide bonds. The average molecular weight is 201 g/mol. The second kappa shape index (κ2) is 4.73. The summed E-state index contributed by atoms with van der Waals surface area (Å²) < 4.78 is 0. The van der Waals surface area contributed by atoms with Crippen molar-refractivity contribution in [1.29, 1.82) is 5.26 Å². The molecule has 5 heteroatoms. The van der Waals surface area contributed by atoms with E-state index in [4.69, 9.17) is 5.26 Å². The van der Waals surface area contributed by atoms with Crippen molar-refractivity contribution in [2.24, 2.45) is 0 Å². The molecule has 0 N–H and O–H groups in total. The van der Waals surface area contributed by atoms with E-state index in [0.29, 0.717) is 11.3 Å². The molecule has 1 aromatic rings. The van der Waals surface area contributed by atoms with E-state index in [9.17, 15) is 10.1 Å². The molecule has 0 unspecified atom stereocenters. The van der Waals surface area contributed by atoms with Crippen LogP contribution >= 0.6 is 0 Å². The first-order valence-corrected chi connectivity index (χ1v) is 4.12. The number of pyridine rings is 1. The third-order valence-corrected chi connectivity index (χ3v) is 1.66. The van der Waals surface area contributed by atoms with Crippen LogP contribution in [0.15, 0.2) is 12.3 Å². The van der Waals surface area contributed by atoms with Crippen molar-refractivity contribution >= 4 is 5.69 Å². The Balaban J connectivity index is 2.99. The van der Waals surface area contributed by atoms with Gasteiger partial charge < -0.3 is 0 Å². The first-order valence-electron chi connectivity index (χ1n) is 4.12. The van der Waals surface area contributed by atoms with Crippen LogP contribution in [0.1, 0.15) is 17.7 Å². The molecule has 1 heterocycles. The van der Waals surface area contributed by atoms with E-state index in [0.717, 1.165) is 0 Å². The van der Waals surface area contributed by atoms with E-state index >= 15 is 0 Å². The van der Waals surface area contributed by atoms with Gasteiger partial charge in [0.25, 0.3) is 5.69 Å². The van der Waals surface area contributed by atoms with Crippen LogP contribution < -0.4 is 0 Å². The molecule has 0 radical (unpaired) electrons. The predicted molar refractivity (Wildman–Crippen MR) is 52.7 cm³/mol. The third-order valence-electron chi connectivity index (χ3n) is 1.66. The molecule has 15 heavy (non-hydrogen) atoms. The van der Waals surface area contributed by atoms with Gasteiger partial charge in [-0.3, -0.25) is 10.1 Å². The van der Waals surface area contributed by atoms with Crippen molar-refractivity contribution in [3.05, 3.63) is 33.6 Å². The predicted octanol–water partition coefficient (Wildman–Crippen LogP) is 1.56. The van der Waals surface area contributed by atoms with Gasteiger partial charge in [0.15, 0.2) is 0 Å². The number of nitrogens with zero attached hydrogens (tertiary/aromatic N) is 3. The molecule has 5 nitrogen and oxygen atoms in total. The van der Waals surface area contributed by atoms with Gasteiger partial charge in [-0.1, -0.05) is 5.92 Å². The van der Waals surface area contributed by atoms with Gasteiger partial charge in [-0.25, -0.2) is 4.98 Å². The zero-order valence-electron chi connectivity index (χ0n) is 8.02. The van der Waals surface area contributed by atoms with Gasteiger partial charge in [-0.05, 0) is 18.9 Å². The first-order chi connectivity index (χ1) is 7.15. The third kappa shape index (κ3) is 2.78. The Kier molecular flexibility index (Phi) is 3.37. The van der Waals surface area contributed by atoms with Crippen LogP contribution in [0.4, 0.5) is 5.69 Å².